The lowest BCUT2D eigenvalue weighted by Gasteiger charge is -2.08. The molecule has 0 fully saturated rings. The average Bonchev–Trinajstić information content (AvgIpc) is 3.10. The topological polar surface area (TPSA) is 121 Å². The maximum absolute atomic E-state index is 12.5. The second-order valence-corrected chi connectivity index (χ2v) is 6.63. The monoisotopic (exact) mass is 330 g/mol. The van der Waals surface area contributed by atoms with Crippen molar-refractivity contribution in [2.75, 3.05) is 4.72 Å². The normalized spacial score (nSPS) is 12.0. The van der Waals surface area contributed by atoms with Crippen LogP contribution in [-0.4, -0.2) is 23.6 Å². The molecule has 4 rings (SSSR count). The summed E-state index contributed by atoms with van der Waals surface area (Å²) in [5, 5.41) is 7.54. The Bertz CT molecular complexity index is 1190. The van der Waals surface area contributed by atoms with Crippen molar-refractivity contribution in [1.82, 2.24) is 15.2 Å². The largest absolute Gasteiger partial charge is 0.417 e. The Kier molecular flexibility index (Phi) is 2.78. The van der Waals surface area contributed by atoms with Crippen LogP contribution in [0.3, 0.4) is 0 Å². The number of hydrogen-bond donors (Lipinski definition) is 3. The van der Waals surface area contributed by atoms with Crippen LogP contribution in [0.4, 0.5) is 5.69 Å². The second kappa shape index (κ2) is 4.71. The minimum Gasteiger partial charge on any atom is -0.408 e. The summed E-state index contributed by atoms with van der Waals surface area (Å²) < 4.78 is 32.3. The highest BCUT2D eigenvalue weighted by Crippen LogP contribution is 2.22. The molecule has 0 aliphatic rings. The second-order valence-electron chi connectivity index (χ2n) is 4.95. The third kappa shape index (κ3) is 2.36. The van der Waals surface area contributed by atoms with E-state index in [0.717, 1.165) is 10.9 Å². The van der Waals surface area contributed by atoms with Crippen LogP contribution < -0.4 is 10.5 Å². The predicted molar refractivity (Wildman–Crippen MR) is 83.7 cm³/mol. The van der Waals surface area contributed by atoms with Gasteiger partial charge in [0.05, 0.1) is 27.8 Å². The number of fused-ring (bicyclic) bond motifs is 2. The van der Waals surface area contributed by atoms with Crippen molar-refractivity contribution in [3.05, 3.63) is 53.1 Å². The number of hydrogen-bond acceptors (Lipinski definition) is 5. The van der Waals surface area contributed by atoms with Gasteiger partial charge in [-0.15, -0.1) is 0 Å². The van der Waals surface area contributed by atoms with Crippen LogP contribution in [-0.2, 0) is 10.0 Å². The van der Waals surface area contributed by atoms with Gasteiger partial charge in [-0.1, -0.05) is 0 Å². The van der Waals surface area contributed by atoms with Gasteiger partial charge in [0, 0.05) is 11.5 Å². The van der Waals surface area contributed by atoms with Gasteiger partial charge in [0.25, 0.3) is 10.0 Å². The van der Waals surface area contributed by atoms with Gasteiger partial charge >= 0.3 is 5.76 Å². The van der Waals surface area contributed by atoms with E-state index in [4.69, 9.17) is 4.42 Å². The molecule has 0 atom stereocenters. The van der Waals surface area contributed by atoms with E-state index in [2.05, 4.69) is 19.9 Å². The summed E-state index contributed by atoms with van der Waals surface area (Å²) in [7, 11) is -3.81. The molecule has 0 spiro atoms. The lowest BCUT2D eigenvalue weighted by Crippen LogP contribution is -2.12. The third-order valence-corrected chi connectivity index (χ3v) is 4.78. The third-order valence-electron chi connectivity index (χ3n) is 3.40. The fourth-order valence-electron chi connectivity index (χ4n) is 2.31. The fourth-order valence-corrected chi connectivity index (χ4v) is 3.37. The average molecular weight is 330 g/mol. The predicted octanol–water partition coefficient (Wildman–Crippen LogP) is 1.80. The molecule has 2 heterocycles. The Morgan fingerprint density at radius 3 is 2.83 bits per heavy atom. The zero-order valence-corrected chi connectivity index (χ0v) is 12.3. The van der Waals surface area contributed by atoms with Crippen molar-refractivity contribution in [2.24, 2.45) is 0 Å². The summed E-state index contributed by atoms with van der Waals surface area (Å²) >= 11 is 0. The van der Waals surface area contributed by atoms with Gasteiger partial charge in [-0.2, -0.15) is 5.10 Å². The quantitative estimate of drug-likeness (QED) is 0.529. The first-order valence-electron chi connectivity index (χ1n) is 6.60. The first-order valence-corrected chi connectivity index (χ1v) is 8.08. The van der Waals surface area contributed by atoms with Gasteiger partial charge in [0.2, 0.25) is 0 Å². The summed E-state index contributed by atoms with van der Waals surface area (Å²) in [5.41, 5.74) is 1.74. The van der Waals surface area contributed by atoms with E-state index in [1.807, 2.05) is 0 Å². The number of nitrogens with zero attached hydrogens (tertiary/aromatic N) is 1. The lowest BCUT2D eigenvalue weighted by molar-refractivity contribution is 0.554. The molecule has 0 saturated heterocycles. The summed E-state index contributed by atoms with van der Waals surface area (Å²) in [5.74, 6) is -0.632. The van der Waals surface area contributed by atoms with Crippen molar-refractivity contribution in [3.63, 3.8) is 0 Å². The Morgan fingerprint density at radius 2 is 1.96 bits per heavy atom. The van der Waals surface area contributed by atoms with Crippen molar-refractivity contribution < 1.29 is 12.8 Å². The van der Waals surface area contributed by atoms with Gasteiger partial charge < -0.3 is 4.42 Å². The number of aromatic amines is 2. The highest BCUT2D eigenvalue weighted by molar-refractivity contribution is 7.92. The first-order chi connectivity index (χ1) is 11.0. The maximum atomic E-state index is 12.5. The van der Waals surface area contributed by atoms with Crippen LogP contribution in [0.1, 0.15) is 0 Å². The van der Waals surface area contributed by atoms with E-state index in [1.165, 1.54) is 18.2 Å². The van der Waals surface area contributed by atoms with Gasteiger partial charge in [-0.3, -0.25) is 14.8 Å². The van der Waals surface area contributed by atoms with Crippen LogP contribution in [0.2, 0.25) is 0 Å². The molecule has 116 valence electrons. The Labute approximate surface area is 129 Å². The summed E-state index contributed by atoms with van der Waals surface area (Å²) in [6.45, 7) is 0. The number of oxazole rings is 1. The number of rotatable bonds is 3. The van der Waals surface area contributed by atoms with Crippen LogP contribution >= 0.6 is 0 Å². The molecule has 0 radical (unpaired) electrons. The molecule has 8 nitrogen and oxygen atoms in total. The number of benzene rings is 2. The van der Waals surface area contributed by atoms with Crippen molar-refractivity contribution in [2.45, 2.75) is 4.90 Å². The molecule has 0 aliphatic carbocycles. The molecule has 2 aromatic heterocycles. The number of aromatic nitrogens is 3. The molecule has 23 heavy (non-hydrogen) atoms. The first kappa shape index (κ1) is 13.6. The number of H-pyrrole nitrogens is 2. The molecule has 0 bridgehead atoms. The highest BCUT2D eigenvalue weighted by atomic mass is 32.2. The Hall–Kier alpha value is -3.07. The Morgan fingerprint density at radius 1 is 1.09 bits per heavy atom. The molecule has 2 aromatic carbocycles. The van der Waals surface area contributed by atoms with Crippen LogP contribution in [0, 0.1) is 0 Å². The maximum Gasteiger partial charge on any atom is 0.417 e. The molecule has 0 amide bonds. The SMILES string of the molecule is O=c1[nH]c2ccc(S(=O)(=O)Nc3ccc4cn[nH]c4c3)cc2o1. The van der Waals surface area contributed by atoms with Crippen LogP contribution in [0.25, 0.3) is 22.0 Å². The van der Waals surface area contributed by atoms with Crippen LogP contribution in [0.5, 0.6) is 0 Å². The Balaban J connectivity index is 1.74. The molecule has 4 aromatic rings. The highest BCUT2D eigenvalue weighted by Gasteiger charge is 2.16. The summed E-state index contributed by atoms with van der Waals surface area (Å²) in [6.07, 6.45) is 1.65. The molecule has 3 N–H and O–H groups in total. The van der Waals surface area contributed by atoms with E-state index < -0.39 is 15.8 Å². The molecule has 9 heteroatoms. The molecular formula is C14H10N4O4S. The minimum atomic E-state index is -3.81. The van der Waals surface area contributed by atoms with Gasteiger partial charge in [-0.25, -0.2) is 13.2 Å². The molecule has 0 unspecified atom stereocenters. The standard InChI is InChI=1S/C14H10N4O4S/c19-14-16-11-4-3-10(6-13(11)22-14)23(20,21)18-9-2-1-8-7-15-17-12(8)5-9/h1-7,18H,(H,15,17)(H,16,19). The van der Waals surface area contributed by atoms with E-state index >= 15 is 0 Å². The molecular weight excluding hydrogens is 320 g/mol. The molecule has 0 saturated carbocycles. The fraction of sp³-hybridized carbons (Fsp3) is 0. The number of nitrogens with one attached hydrogen (secondary N) is 3. The lowest BCUT2D eigenvalue weighted by atomic mass is 10.2. The van der Waals surface area contributed by atoms with Crippen molar-refractivity contribution >= 4 is 37.7 Å². The zero-order chi connectivity index (χ0) is 16.0. The van der Waals surface area contributed by atoms with Gasteiger partial charge in [-0.05, 0) is 30.3 Å². The van der Waals surface area contributed by atoms with E-state index in [9.17, 15) is 13.2 Å². The smallest absolute Gasteiger partial charge is 0.408 e. The van der Waals surface area contributed by atoms with E-state index in [0.29, 0.717) is 11.2 Å². The van der Waals surface area contributed by atoms with Gasteiger partial charge in [0.1, 0.15) is 0 Å². The van der Waals surface area contributed by atoms with E-state index in [-0.39, 0.29) is 10.5 Å². The number of anilines is 1. The van der Waals surface area contributed by atoms with Crippen molar-refractivity contribution in [1.29, 1.82) is 0 Å². The summed E-state index contributed by atoms with van der Waals surface area (Å²) in [4.78, 5) is 13.6. The van der Waals surface area contributed by atoms with E-state index in [1.54, 1.807) is 24.4 Å². The van der Waals surface area contributed by atoms with Crippen LogP contribution in [0.15, 0.2) is 56.7 Å². The van der Waals surface area contributed by atoms with Crippen molar-refractivity contribution in [3.8, 4) is 0 Å². The molecule has 0 aliphatic heterocycles. The minimum absolute atomic E-state index is 0.00235. The number of sulfonamides is 1. The van der Waals surface area contributed by atoms with Gasteiger partial charge in [0.15, 0.2) is 5.58 Å². The summed E-state index contributed by atoms with van der Waals surface area (Å²) in [6, 6.07) is 9.21. The zero-order valence-electron chi connectivity index (χ0n) is 11.5.